The van der Waals surface area contributed by atoms with Crippen molar-refractivity contribution >= 4 is 21.8 Å². The van der Waals surface area contributed by atoms with E-state index in [4.69, 9.17) is 10.5 Å². The largest absolute Gasteiger partial charge is 0.484 e. The molecule has 0 aliphatic rings. The molecular formula is C16H25BrN2O2. The third-order valence-electron chi connectivity index (χ3n) is 2.91. The number of benzene rings is 1. The van der Waals surface area contributed by atoms with Crippen LogP contribution in [0.4, 0.5) is 0 Å². The number of rotatable bonds is 6. The van der Waals surface area contributed by atoms with Crippen molar-refractivity contribution in [1.29, 1.82) is 0 Å². The Morgan fingerprint density at radius 1 is 1.43 bits per heavy atom. The first-order valence-electron chi connectivity index (χ1n) is 7.19. The predicted molar refractivity (Wildman–Crippen MR) is 89.5 cm³/mol. The van der Waals surface area contributed by atoms with Crippen LogP contribution >= 0.6 is 15.9 Å². The van der Waals surface area contributed by atoms with Gasteiger partial charge in [0.2, 0.25) is 0 Å². The summed E-state index contributed by atoms with van der Waals surface area (Å²) in [5.41, 5.74) is 6.83. The summed E-state index contributed by atoms with van der Waals surface area (Å²) in [5, 5.41) is 2.86. The van der Waals surface area contributed by atoms with Crippen molar-refractivity contribution in [2.75, 3.05) is 6.61 Å². The van der Waals surface area contributed by atoms with Crippen LogP contribution in [-0.2, 0) is 11.2 Å². The number of nitrogens with one attached hydrogen (secondary N) is 1. The zero-order valence-corrected chi connectivity index (χ0v) is 14.8. The Bertz CT molecular complexity index is 484. The number of carbonyl (C=O) groups excluding carboxylic acids is 1. The molecule has 4 nitrogen and oxygen atoms in total. The van der Waals surface area contributed by atoms with Crippen molar-refractivity contribution < 1.29 is 9.53 Å². The van der Waals surface area contributed by atoms with Gasteiger partial charge in [0.05, 0.1) is 0 Å². The van der Waals surface area contributed by atoms with Crippen LogP contribution in [0.5, 0.6) is 5.75 Å². The van der Waals surface area contributed by atoms with E-state index in [2.05, 4.69) is 28.2 Å². The predicted octanol–water partition coefficient (Wildman–Crippen LogP) is 3.02. The summed E-state index contributed by atoms with van der Waals surface area (Å²) >= 11 is 3.52. The minimum Gasteiger partial charge on any atom is -0.484 e. The quantitative estimate of drug-likeness (QED) is 0.823. The van der Waals surface area contributed by atoms with Crippen LogP contribution in [0.15, 0.2) is 22.7 Å². The van der Waals surface area contributed by atoms with E-state index in [9.17, 15) is 4.79 Å². The zero-order chi connectivity index (χ0) is 16.0. The molecule has 3 N–H and O–H groups in total. The van der Waals surface area contributed by atoms with Crippen molar-refractivity contribution in [3.05, 3.63) is 28.2 Å². The molecule has 0 heterocycles. The van der Waals surface area contributed by atoms with Gasteiger partial charge in [-0.1, -0.05) is 22.9 Å². The summed E-state index contributed by atoms with van der Waals surface area (Å²) in [7, 11) is 0. The van der Waals surface area contributed by atoms with Gasteiger partial charge in [0.25, 0.3) is 5.91 Å². The molecule has 1 unspecified atom stereocenters. The fourth-order valence-corrected chi connectivity index (χ4v) is 2.24. The van der Waals surface area contributed by atoms with Crippen molar-refractivity contribution in [3.63, 3.8) is 0 Å². The molecular weight excluding hydrogens is 332 g/mol. The Balaban J connectivity index is 2.64. The lowest BCUT2D eigenvalue weighted by Gasteiger charge is -2.20. The second-order valence-electron chi connectivity index (χ2n) is 6.21. The van der Waals surface area contributed by atoms with E-state index < -0.39 is 0 Å². The summed E-state index contributed by atoms with van der Waals surface area (Å²) < 4.78 is 6.56. The topological polar surface area (TPSA) is 64.3 Å². The van der Waals surface area contributed by atoms with E-state index in [1.165, 1.54) is 0 Å². The van der Waals surface area contributed by atoms with E-state index in [-0.39, 0.29) is 24.1 Å². The van der Waals surface area contributed by atoms with Crippen molar-refractivity contribution in [2.24, 2.45) is 5.73 Å². The summed E-state index contributed by atoms with van der Waals surface area (Å²) in [4.78, 5) is 11.7. The fourth-order valence-electron chi connectivity index (χ4n) is 1.83. The monoisotopic (exact) mass is 356 g/mol. The number of hydrogen-bond acceptors (Lipinski definition) is 3. The van der Waals surface area contributed by atoms with Crippen molar-refractivity contribution in [2.45, 2.75) is 52.1 Å². The molecule has 0 saturated heterocycles. The zero-order valence-electron chi connectivity index (χ0n) is 13.2. The number of halogens is 1. The van der Waals surface area contributed by atoms with Crippen LogP contribution in [0.2, 0.25) is 0 Å². The van der Waals surface area contributed by atoms with Gasteiger partial charge in [0, 0.05) is 16.1 Å². The normalized spacial score (nSPS) is 12.9. The smallest absolute Gasteiger partial charge is 0.258 e. The molecule has 21 heavy (non-hydrogen) atoms. The van der Waals surface area contributed by atoms with Crippen LogP contribution in [0, 0.1) is 0 Å². The number of amides is 1. The Morgan fingerprint density at radius 3 is 2.67 bits per heavy atom. The first kappa shape index (κ1) is 18.0. The van der Waals surface area contributed by atoms with Gasteiger partial charge in [-0.3, -0.25) is 4.79 Å². The van der Waals surface area contributed by atoms with Crippen LogP contribution in [-0.4, -0.2) is 24.1 Å². The summed E-state index contributed by atoms with van der Waals surface area (Å²) in [5.74, 6) is 0.554. The standard InChI is InChI=1S/C16H25BrN2O2/c1-5-12(18)8-11-9-13(6-7-14(11)17)21-10-15(20)19-16(2,3)4/h6-7,9,12H,5,8,10,18H2,1-4H3,(H,19,20). The maximum atomic E-state index is 11.7. The second kappa shape index (κ2) is 7.80. The highest BCUT2D eigenvalue weighted by Gasteiger charge is 2.14. The highest BCUT2D eigenvalue weighted by atomic mass is 79.9. The molecule has 0 fully saturated rings. The second-order valence-corrected chi connectivity index (χ2v) is 7.07. The lowest BCUT2D eigenvalue weighted by atomic mass is 10.0. The van der Waals surface area contributed by atoms with Crippen LogP contribution in [0.3, 0.4) is 0 Å². The van der Waals surface area contributed by atoms with E-state index in [1.807, 2.05) is 39.0 Å². The van der Waals surface area contributed by atoms with Gasteiger partial charge in [-0.2, -0.15) is 0 Å². The Labute approximate surface area is 135 Å². The third kappa shape index (κ3) is 6.96. The van der Waals surface area contributed by atoms with Crippen LogP contribution in [0.25, 0.3) is 0 Å². The molecule has 1 atom stereocenters. The molecule has 5 heteroatoms. The van der Waals surface area contributed by atoms with Gasteiger partial charge >= 0.3 is 0 Å². The van der Waals surface area contributed by atoms with Crippen LogP contribution in [0.1, 0.15) is 39.7 Å². The molecule has 0 radical (unpaired) electrons. The van der Waals surface area contributed by atoms with Gasteiger partial charge in [0.15, 0.2) is 6.61 Å². The van der Waals surface area contributed by atoms with E-state index in [0.29, 0.717) is 5.75 Å². The highest BCUT2D eigenvalue weighted by molar-refractivity contribution is 9.10. The molecule has 1 aromatic carbocycles. The maximum absolute atomic E-state index is 11.7. The molecule has 0 aliphatic carbocycles. The Hall–Kier alpha value is -1.07. The van der Waals surface area contributed by atoms with Crippen LogP contribution < -0.4 is 15.8 Å². The molecule has 1 rings (SSSR count). The van der Waals surface area contributed by atoms with Crippen molar-refractivity contribution in [3.8, 4) is 5.75 Å². The third-order valence-corrected chi connectivity index (χ3v) is 3.68. The maximum Gasteiger partial charge on any atom is 0.258 e. The number of nitrogens with two attached hydrogens (primary N) is 1. The lowest BCUT2D eigenvalue weighted by Crippen LogP contribution is -2.43. The van der Waals surface area contributed by atoms with Gasteiger partial charge < -0.3 is 15.8 Å². The van der Waals surface area contributed by atoms with Crippen molar-refractivity contribution in [1.82, 2.24) is 5.32 Å². The van der Waals surface area contributed by atoms with E-state index >= 15 is 0 Å². The van der Waals surface area contributed by atoms with E-state index in [0.717, 1.165) is 22.9 Å². The summed E-state index contributed by atoms with van der Waals surface area (Å²) in [6, 6.07) is 5.83. The molecule has 0 aliphatic heterocycles. The summed E-state index contributed by atoms with van der Waals surface area (Å²) in [6.07, 6.45) is 1.70. The van der Waals surface area contributed by atoms with Gasteiger partial charge in [0.1, 0.15) is 5.75 Å². The number of ether oxygens (including phenoxy) is 1. The Morgan fingerprint density at radius 2 is 2.10 bits per heavy atom. The average molecular weight is 357 g/mol. The minimum absolute atomic E-state index is 0.0121. The minimum atomic E-state index is -0.251. The first-order valence-corrected chi connectivity index (χ1v) is 7.98. The Kier molecular flexibility index (Phi) is 6.68. The fraction of sp³-hybridized carbons (Fsp3) is 0.562. The molecule has 0 spiro atoms. The molecule has 1 amide bonds. The molecule has 0 saturated carbocycles. The SMILES string of the molecule is CCC(N)Cc1cc(OCC(=O)NC(C)(C)C)ccc1Br. The molecule has 118 valence electrons. The molecule has 1 aromatic rings. The molecule has 0 bridgehead atoms. The highest BCUT2D eigenvalue weighted by Crippen LogP contribution is 2.24. The number of hydrogen-bond donors (Lipinski definition) is 2. The molecule has 0 aromatic heterocycles. The lowest BCUT2D eigenvalue weighted by molar-refractivity contribution is -0.124. The van der Waals surface area contributed by atoms with Gasteiger partial charge in [-0.05, 0) is 57.4 Å². The van der Waals surface area contributed by atoms with E-state index in [1.54, 1.807) is 0 Å². The summed E-state index contributed by atoms with van der Waals surface area (Å²) in [6.45, 7) is 7.90. The average Bonchev–Trinajstić information content (AvgIpc) is 2.37. The van der Waals surface area contributed by atoms with Gasteiger partial charge in [-0.15, -0.1) is 0 Å². The van der Waals surface area contributed by atoms with Gasteiger partial charge in [-0.25, -0.2) is 0 Å². The first-order chi connectivity index (χ1) is 9.71. The number of carbonyl (C=O) groups is 1.